The van der Waals surface area contributed by atoms with E-state index >= 15 is 0 Å². The Labute approximate surface area is 118 Å². The summed E-state index contributed by atoms with van der Waals surface area (Å²) in [6, 6.07) is 7.38. The Hall–Kier alpha value is -1.20. The second kappa shape index (κ2) is 5.84. The van der Waals surface area contributed by atoms with Crippen molar-refractivity contribution >= 4 is 23.4 Å². The van der Waals surface area contributed by atoms with Gasteiger partial charge in [-0.2, -0.15) is 0 Å². The summed E-state index contributed by atoms with van der Waals surface area (Å²) in [5.41, 5.74) is 0.584. The van der Waals surface area contributed by atoms with Crippen molar-refractivity contribution in [2.24, 2.45) is 0 Å². The molecule has 0 aromatic heterocycles. The largest absolute Gasteiger partial charge is 0.488 e. The van der Waals surface area contributed by atoms with Gasteiger partial charge in [-0.05, 0) is 45.0 Å². The van der Waals surface area contributed by atoms with Crippen LogP contribution in [0.2, 0.25) is 0 Å². The number of hydrogen-bond acceptors (Lipinski definition) is 4. The van der Waals surface area contributed by atoms with Crippen LogP contribution in [0, 0.1) is 0 Å². The van der Waals surface area contributed by atoms with E-state index in [1.54, 1.807) is 11.8 Å². The second-order valence-corrected chi connectivity index (χ2v) is 6.53. The first-order valence-electron chi connectivity index (χ1n) is 6.35. The number of thioether (sulfide) groups is 1. The molecule has 1 aliphatic rings. The molecule has 0 bridgehead atoms. The first-order chi connectivity index (χ1) is 8.94. The van der Waals surface area contributed by atoms with Gasteiger partial charge in [0.05, 0.1) is 6.04 Å². The fraction of sp³-hybridized carbons (Fsp3) is 0.500. The molecule has 0 aliphatic carbocycles. The zero-order valence-electron chi connectivity index (χ0n) is 11.5. The number of rotatable bonds is 3. The molecule has 1 atom stereocenters. The van der Waals surface area contributed by atoms with Gasteiger partial charge < -0.3 is 10.1 Å². The number of amides is 1. The van der Waals surface area contributed by atoms with Gasteiger partial charge >= 0.3 is 0 Å². The van der Waals surface area contributed by atoms with Gasteiger partial charge in [0, 0.05) is 17.3 Å². The first kappa shape index (κ1) is 14.2. The van der Waals surface area contributed by atoms with Crippen LogP contribution in [0.1, 0.15) is 20.8 Å². The smallest absolute Gasteiger partial charge is 0.242 e. The van der Waals surface area contributed by atoms with Crippen molar-refractivity contribution in [3.63, 3.8) is 0 Å². The summed E-state index contributed by atoms with van der Waals surface area (Å²) in [7, 11) is 0. The van der Waals surface area contributed by atoms with Gasteiger partial charge in [-0.1, -0.05) is 0 Å². The molecule has 1 aromatic rings. The third-order valence-corrected chi connectivity index (χ3v) is 3.52. The van der Waals surface area contributed by atoms with Crippen molar-refractivity contribution < 1.29 is 9.53 Å². The van der Waals surface area contributed by atoms with Gasteiger partial charge in [-0.25, -0.2) is 0 Å². The highest BCUT2D eigenvalue weighted by Gasteiger charge is 2.22. The third-order valence-electron chi connectivity index (χ3n) is 2.58. The molecule has 2 N–H and O–H groups in total. The molecule has 1 aliphatic heterocycles. The zero-order valence-corrected chi connectivity index (χ0v) is 12.3. The molecule has 0 spiro atoms. The number of nitrogens with one attached hydrogen (secondary N) is 2. The van der Waals surface area contributed by atoms with Crippen LogP contribution in [0.3, 0.4) is 0 Å². The molecule has 1 unspecified atom stereocenters. The van der Waals surface area contributed by atoms with E-state index < -0.39 is 0 Å². The number of carbonyl (C=O) groups excluding carboxylic acids is 1. The molecule has 4 nitrogen and oxygen atoms in total. The standard InChI is InChI=1S/C14H20N2O2S/c1-14(2,3)18-11-6-4-10(5-7-11)16-13(17)12-8-19-9-15-12/h4-7,12,15H,8-9H2,1-3H3,(H,16,17). The van der Waals surface area contributed by atoms with Crippen LogP contribution in [-0.2, 0) is 4.79 Å². The van der Waals surface area contributed by atoms with Crippen LogP contribution in [0.25, 0.3) is 0 Å². The molecular formula is C14H20N2O2S. The van der Waals surface area contributed by atoms with Crippen molar-refractivity contribution in [1.82, 2.24) is 5.32 Å². The summed E-state index contributed by atoms with van der Waals surface area (Å²) in [5, 5.41) is 6.05. The third kappa shape index (κ3) is 4.44. The summed E-state index contributed by atoms with van der Waals surface area (Å²) < 4.78 is 5.73. The Morgan fingerprint density at radius 1 is 1.37 bits per heavy atom. The lowest BCUT2D eigenvalue weighted by atomic mass is 10.2. The number of carbonyl (C=O) groups is 1. The van der Waals surface area contributed by atoms with Crippen LogP contribution in [-0.4, -0.2) is 29.2 Å². The minimum absolute atomic E-state index is 0.0227. The summed E-state index contributed by atoms with van der Waals surface area (Å²) in [6.07, 6.45) is 0. The lowest BCUT2D eigenvalue weighted by Gasteiger charge is -2.21. The monoisotopic (exact) mass is 280 g/mol. The summed E-state index contributed by atoms with van der Waals surface area (Å²) in [5.74, 6) is 2.50. The summed E-state index contributed by atoms with van der Waals surface area (Å²) in [4.78, 5) is 11.9. The zero-order chi connectivity index (χ0) is 13.9. The molecule has 1 heterocycles. The Balaban J connectivity index is 1.93. The van der Waals surface area contributed by atoms with Crippen LogP contribution >= 0.6 is 11.8 Å². The molecule has 19 heavy (non-hydrogen) atoms. The van der Waals surface area contributed by atoms with E-state index in [1.165, 1.54) is 0 Å². The number of hydrogen-bond donors (Lipinski definition) is 2. The summed E-state index contributed by atoms with van der Waals surface area (Å²) >= 11 is 1.74. The van der Waals surface area contributed by atoms with Crippen LogP contribution in [0.15, 0.2) is 24.3 Å². The molecule has 2 rings (SSSR count). The number of ether oxygens (including phenoxy) is 1. The van der Waals surface area contributed by atoms with Crippen LogP contribution < -0.4 is 15.4 Å². The maximum Gasteiger partial charge on any atom is 0.242 e. The van der Waals surface area contributed by atoms with Crippen molar-refractivity contribution in [1.29, 1.82) is 0 Å². The molecule has 1 fully saturated rings. The maximum atomic E-state index is 11.9. The molecule has 0 saturated carbocycles. The van der Waals surface area contributed by atoms with Crippen molar-refractivity contribution in [2.75, 3.05) is 16.9 Å². The topological polar surface area (TPSA) is 50.4 Å². The fourth-order valence-corrected chi connectivity index (χ4v) is 2.69. The lowest BCUT2D eigenvalue weighted by Crippen LogP contribution is -2.37. The predicted molar refractivity (Wildman–Crippen MR) is 79.7 cm³/mol. The van der Waals surface area contributed by atoms with Gasteiger partial charge in [0.15, 0.2) is 0 Å². The van der Waals surface area contributed by atoms with Crippen molar-refractivity contribution in [3.8, 4) is 5.75 Å². The molecule has 1 saturated heterocycles. The van der Waals surface area contributed by atoms with E-state index in [-0.39, 0.29) is 17.6 Å². The molecule has 1 aromatic carbocycles. The molecule has 104 valence electrons. The maximum absolute atomic E-state index is 11.9. The average Bonchev–Trinajstić information content (AvgIpc) is 2.83. The highest BCUT2D eigenvalue weighted by Crippen LogP contribution is 2.21. The Kier molecular flexibility index (Phi) is 4.37. The van der Waals surface area contributed by atoms with Crippen LogP contribution in [0.4, 0.5) is 5.69 Å². The molecule has 5 heteroatoms. The normalized spacial score (nSPS) is 19.2. The number of benzene rings is 1. The van der Waals surface area contributed by atoms with E-state index in [0.717, 1.165) is 23.1 Å². The molecule has 0 radical (unpaired) electrons. The van der Waals surface area contributed by atoms with Crippen molar-refractivity contribution in [3.05, 3.63) is 24.3 Å². The Morgan fingerprint density at radius 3 is 2.58 bits per heavy atom. The van der Waals surface area contributed by atoms with Crippen LogP contribution in [0.5, 0.6) is 5.75 Å². The SMILES string of the molecule is CC(C)(C)Oc1ccc(NC(=O)C2CSCN2)cc1. The molecular weight excluding hydrogens is 260 g/mol. The van der Waals surface area contributed by atoms with E-state index in [1.807, 2.05) is 45.0 Å². The quantitative estimate of drug-likeness (QED) is 0.893. The highest BCUT2D eigenvalue weighted by molar-refractivity contribution is 7.99. The Morgan fingerprint density at radius 2 is 2.05 bits per heavy atom. The van der Waals surface area contributed by atoms with E-state index in [9.17, 15) is 4.79 Å². The highest BCUT2D eigenvalue weighted by atomic mass is 32.2. The fourth-order valence-electron chi connectivity index (χ4n) is 1.75. The minimum Gasteiger partial charge on any atom is -0.488 e. The Bertz CT molecular complexity index is 434. The van der Waals surface area contributed by atoms with Gasteiger partial charge in [-0.15, -0.1) is 11.8 Å². The summed E-state index contributed by atoms with van der Waals surface area (Å²) in [6.45, 7) is 6.02. The van der Waals surface area contributed by atoms with Gasteiger partial charge in [0.2, 0.25) is 5.91 Å². The van der Waals surface area contributed by atoms with Gasteiger partial charge in [0.1, 0.15) is 11.4 Å². The number of anilines is 1. The lowest BCUT2D eigenvalue weighted by molar-refractivity contribution is -0.117. The minimum atomic E-state index is -0.213. The predicted octanol–water partition coefficient (Wildman–Crippen LogP) is 2.46. The molecule has 1 amide bonds. The van der Waals surface area contributed by atoms with E-state index in [2.05, 4.69) is 10.6 Å². The van der Waals surface area contributed by atoms with E-state index in [0.29, 0.717) is 0 Å². The van der Waals surface area contributed by atoms with Gasteiger partial charge in [0.25, 0.3) is 0 Å². The second-order valence-electron chi connectivity index (χ2n) is 5.50. The average molecular weight is 280 g/mol. The van der Waals surface area contributed by atoms with E-state index in [4.69, 9.17) is 4.74 Å². The van der Waals surface area contributed by atoms with Gasteiger partial charge in [-0.3, -0.25) is 10.1 Å². The first-order valence-corrected chi connectivity index (χ1v) is 7.50. The van der Waals surface area contributed by atoms with Crippen molar-refractivity contribution in [2.45, 2.75) is 32.4 Å².